The van der Waals surface area contributed by atoms with Gasteiger partial charge < -0.3 is 15.2 Å². The Morgan fingerprint density at radius 2 is 1.56 bits per heavy atom. The number of nitrogens with one attached hydrogen (secondary N) is 2. The van der Waals surface area contributed by atoms with Crippen LogP contribution in [0.25, 0.3) is 11.1 Å². The second kappa shape index (κ2) is 9.34. The van der Waals surface area contributed by atoms with Gasteiger partial charge >= 0.3 is 18.2 Å². The average Bonchev–Trinajstić information content (AvgIpc) is 3.57. The smallest absolute Gasteiger partial charge is 0.417 e. The first kappa shape index (κ1) is 23.6. The van der Waals surface area contributed by atoms with Crippen molar-refractivity contribution in [1.29, 1.82) is 0 Å². The first-order valence-corrected chi connectivity index (χ1v) is 10.5. The molecule has 0 saturated heterocycles. The first-order chi connectivity index (χ1) is 16.2. The molecule has 11 heteroatoms. The van der Waals surface area contributed by atoms with Crippen LogP contribution in [-0.4, -0.2) is 48.0 Å². The van der Waals surface area contributed by atoms with Crippen molar-refractivity contribution in [1.82, 2.24) is 10.8 Å². The molecule has 2 amide bonds. The van der Waals surface area contributed by atoms with E-state index >= 15 is 0 Å². The Hall–Kier alpha value is -3.60. The molecular weight excluding hydrogens is 457 g/mol. The topological polar surface area (TPSA) is 114 Å². The Labute approximate surface area is 192 Å². The largest absolute Gasteiger partial charge is 0.479 e. The van der Waals surface area contributed by atoms with Gasteiger partial charge in [-0.15, -0.1) is 0 Å². The fourth-order valence-electron chi connectivity index (χ4n) is 3.98. The Morgan fingerprint density at radius 3 is 2.06 bits per heavy atom. The Morgan fingerprint density at radius 1 is 1.00 bits per heavy atom. The number of alkyl halides is 3. The molecule has 0 aliphatic heterocycles. The molecule has 2 aliphatic rings. The summed E-state index contributed by atoms with van der Waals surface area (Å²) in [5, 5.41) is 10.6. The maximum absolute atomic E-state index is 13.4. The van der Waals surface area contributed by atoms with Crippen LogP contribution in [0.1, 0.15) is 29.9 Å². The standard InChI is InChI=1S/C23H21F3N2O6/c24-23(25,26)19(20(29)28-34-18(21(30)31)12-9-10-12)27-22(32)33-11-17-15-7-3-1-5-13(15)14-6-2-4-8-16(14)17/h1-8,12,17-19H,9-11H2,(H,27,32)(H,28,29)(H,30,31). The van der Waals surface area contributed by atoms with E-state index in [9.17, 15) is 27.6 Å². The third kappa shape index (κ3) is 4.98. The Bertz CT molecular complexity index is 1060. The minimum absolute atomic E-state index is 0.245. The fourth-order valence-corrected chi connectivity index (χ4v) is 3.98. The van der Waals surface area contributed by atoms with Gasteiger partial charge in [0.1, 0.15) is 6.61 Å². The lowest BCUT2D eigenvalue weighted by molar-refractivity contribution is -0.181. The van der Waals surface area contributed by atoms with Gasteiger partial charge in [-0.3, -0.25) is 9.63 Å². The summed E-state index contributed by atoms with van der Waals surface area (Å²) in [7, 11) is 0. The molecule has 2 aliphatic carbocycles. The number of carboxylic acids is 1. The van der Waals surface area contributed by atoms with Crippen molar-refractivity contribution in [3.63, 3.8) is 0 Å². The van der Waals surface area contributed by atoms with Gasteiger partial charge in [-0.25, -0.2) is 15.1 Å². The third-order valence-electron chi connectivity index (χ3n) is 5.78. The number of hydrogen-bond donors (Lipinski definition) is 3. The van der Waals surface area contributed by atoms with Crippen molar-refractivity contribution < 1.29 is 42.2 Å². The minimum atomic E-state index is -5.17. The highest BCUT2D eigenvalue weighted by atomic mass is 19.4. The highest BCUT2D eigenvalue weighted by molar-refractivity contribution is 5.86. The zero-order valence-corrected chi connectivity index (χ0v) is 17.7. The zero-order chi connectivity index (χ0) is 24.5. The first-order valence-electron chi connectivity index (χ1n) is 10.5. The highest BCUT2D eigenvalue weighted by Gasteiger charge is 2.47. The van der Waals surface area contributed by atoms with Crippen LogP contribution in [0.15, 0.2) is 48.5 Å². The summed E-state index contributed by atoms with van der Waals surface area (Å²) >= 11 is 0. The molecule has 0 radical (unpaired) electrons. The van der Waals surface area contributed by atoms with Crippen molar-refractivity contribution in [3.8, 4) is 11.1 Å². The van der Waals surface area contributed by atoms with E-state index < -0.39 is 42.2 Å². The Kier molecular flexibility index (Phi) is 6.47. The van der Waals surface area contributed by atoms with Crippen LogP contribution in [0, 0.1) is 5.92 Å². The number of alkyl carbamates (subject to hydrolysis) is 1. The molecule has 34 heavy (non-hydrogen) atoms. The van der Waals surface area contributed by atoms with E-state index in [2.05, 4.69) is 4.84 Å². The predicted octanol–water partition coefficient (Wildman–Crippen LogP) is 3.37. The molecule has 1 saturated carbocycles. The summed E-state index contributed by atoms with van der Waals surface area (Å²) in [6.45, 7) is -0.245. The Balaban J connectivity index is 1.39. The molecular formula is C23H21F3N2O6. The van der Waals surface area contributed by atoms with Gasteiger partial charge in [0.25, 0.3) is 5.91 Å². The van der Waals surface area contributed by atoms with E-state index in [-0.39, 0.29) is 12.5 Å². The summed E-state index contributed by atoms with van der Waals surface area (Å²) < 4.78 is 45.3. The molecule has 180 valence electrons. The van der Waals surface area contributed by atoms with Gasteiger partial charge in [0.15, 0.2) is 6.10 Å². The number of halogens is 3. The fraction of sp³-hybridized carbons (Fsp3) is 0.348. The normalized spacial score (nSPS) is 16.7. The van der Waals surface area contributed by atoms with Gasteiger partial charge in [0.2, 0.25) is 6.04 Å². The van der Waals surface area contributed by atoms with Crippen LogP contribution in [0.3, 0.4) is 0 Å². The van der Waals surface area contributed by atoms with Crippen molar-refractivity contribution in [2.75, 3.05) is 6.61 Å². The monoisotopic (exact) mass is 478 g/mol. The van der Waals surface area contributed by atoms with Gasteiger partial charge in [0, 0.05) is 5.92 Å². The quantitative estimate of drug-likeness (QED) is 0.502. The van der Waals surface area contributed by atoms with Crippen LogP contribution in [0.5, 0.6) is 0 Å². The summed E-state index contributed by atoms with van der Waals surface area (Å²) in [4.78, 5) is 40.1. The number of hydroxylamine groups is 1. The van der Waals surface area contributed by atoms with Crippen LogP contribution in [-0.2, 0) is 19.2 Å². The molecule has 3 N–H and O–H groups in total. The number of carbonyl (C=O) groups excluding carboxylic acids is 2. The molecule has 0 aromatic heterocycles. The van der Waals surface area contributed by atoms with Crippen molar-refractivity contribution in [3.05, 3.63) is 59.7 Å². The zero-order valence-electron chi connectivity index (χ0n) is 17.7. The predicted molar refractivity (Wildman–Crippen MR) is 111 cm³/mol. The number of benzene rings is 2. The maximum atomic E-state index is 13.4. The number of fused-ring (bicyclic) bond motifs is 3. The van der Waals surface area contributed by atoms with Gasteiger partial charge in [-0.1, -0.05) is 48.5 Å². The number of carbonyl (C=O) groups is 3. The summed E-state index contributed by atoms with van der Waals surface area (Å²) in [6.07, 6.45) is -7.04. The van der Waals surface area contributed by atoms with Gasteiger partial charge in [-0.2, -0.15) is 13.2 Å². The third-order valence-corrected chi connectivity index (χ3v) is 5.78. The maximum Gasteiger partial charge on any atom is 0.417 e. The van der Waals surface area contributed by atoms with Crippen molar-refractivity contribution in [2.45, 2.75) is 37.1 Å². The van der Waals surface area contributed by atoms with E-state index in [1.54, 1.807) is 0 Å². The number of rotatable bonds is 8. The molecule has 2 aromatic rings. The highest BCUT2D eigenvalue weighted by Crippen LogP contribution is 2.44. The molecule has 2 unspecified atom stereocenters. The molecule has 1 fully saturated rings. The number of hydrogen-bond acceptors (Lipinski definition) is 5. The number of carboxylic acid groups (broad SMARTS) is 1. The van der Waals surface area contributed by atoms with E-state index in [4.69, 9.17) is 9.84 Å². The second-order valence-electron chi connectivity index (χ2n) is 8.12. The lowest BCUT2D eigenvalue weighted by Crippen LogP contribution is -2.55. The second-order valence-corrected chi connectivity index (χ2v) is 8.12. The number of aliphatic carboxylic acids is 1. The minimum Gasteiger partial charge on any atom is -0.479 e. The summed E-state index contributed by atoms with van der Waals surface area (Å²) in [5.74, 6) is -3.93. The average molecular weight is 478 g/mol. The van der Waals surface area contributed by atoms with E-state index in [0.29, 0.717) is 12.8 Å². The molecule has 0 heterocycles. The molecule has 2 aromatic carbocycles. The van der Waals surface area contributed by atoms with Crippen LogP contribution in [0.4, 0.5) is 18.0 Å². The lowest BCUT2D eigenvalue weighted by atomic mass is 9.98. The van der Waals surface area contributed by atoms with Crippen LogP contribution < -0.4 is 10.8 Å². The SMILES string of the molecule is O=C(NC(C(=O)NOC(C(=O)O)C1CC1)C(F)(F)F)OCC1c2ccccc2-c2ccccc21. The number of amides is 2. The van der Waals surface area contributed by atoms with E-state index in [0.717, 1.165) is 22.3 Å². The van der Waals surface area contributed by atoms with Crippen LogP contribution >= 0.6 is 0 Å². The van der Waals surface area contributed by atoms with Crippen molar-refractivity contribution in [2.24, 2.45) is 5.92 Å². The van der Waals surface area contributed by atoms with Crippen molar-refractivity contribution >= 4 is 18.0 Å². The van der Waals surface area contributed by atoms with E-state index in [1.165, 1.54) is 10.8 Å². The lowest BCUT2D eigenvalue weighted by Gasteiger charge is -2.22. The summed E-state index contributed by atoms with van der Waals surface area (Å²) in [6, 6.07) is 11.9. The van der Waals surface area contributed by atoms with E-state index in [1.807, 2.05) is 48.5 Å². The van der Waals surface area contributed by atoms with Crippen LogP contribution in [0.2, 0.25) is 0 Å². The summed E-state index contributed by atoms with van der Waals surface area (Å²) in [5.41, 5.74) is 5.14. The van der Waals surface area contributed by atoms with Gasteiger partial charge in [-0.05, 0) is 41.0 Å². The molecule has 8 nitrogen and oxygen atoms in total. The molecule has 0 spiro atoms. The number of ether oxygens (including phenoxy) is 1. The van der Waals surface area contributed by atoms with Gasteiger partial charge in [0.05, 0.1) is 0 Å². The molecule has 4 rings (SSSR count). The molecule has 2 atom stereocenters. The molecule has 0 bridgehead atoms.